The predicted octanol–water partition coefficient (Wildman–Crippen LogP) is 4.00. The van der Waals surface area contributed by atoms with Crippen LogP contribution in [0.3, 0.4) is 0 Å². The summed E-state index contributed by atoms with van der Waals surface area (Å²) in [4.78, 5) is 10.9. The number of alkyl halides is 9. The molecule has 0 rings (SSSR count). The van der Waals surface area contributed by atoms with E-state index < -0.39 is 42.4 Å². The molecular weight excluding hydrogens is 311 g/mol. The highest BCUT2D eigenvalue weighted by atomic mass is 19.4. The smallest absolute Gasteiger partial charge is 0.432 e. The van der Waals surface area contributed by atoms with Crippen molar-refractivity contribution in [3.05, 3.63) is 0 Å². The molecular formula is C9H9F9O2. The van der Waals surface area contributed by atoms with Gasteiger partial charge in [0.25, 0.3) is 0 Å². The van der Waals surface area contributed by atoms with Crippen molar-refractivity contribution in [2.45, 2.75) is 44.4 Å². The Labute approximate surface area is 106 Å². The Morgan fingerprint density at radius 2 is 1.15 bits per heavy atom. The monoisotopic (exact) mass is 320 g/mol. The van der Waals surface area contributed by atoms with Crippen LogP contribution in [-0.2, 0) is 9.53 Å². The number of hydrogen-bond acceptors (Lipinski definition) is 2. The van der Waals surface area contributed by atoms with E-state index in [1.807, 2.05) is 0 Å². The third-order valence-electron chi connectivity index (χ3n) is 2.04. The van der Waals surface area contributed by atoms with Crippen molar-refractivity contribution in [3.8, 4) is 0 Å². The molecule has 0 aromatic carbocycles. The van der Waals surface area contributed by atoms with Crippen LogP contribution in [0.15, 0.2) is 0 Å². The number of esters is 1. The number of rotatable bonds is 3. The van der Waals surface area contributed by atoms with Crippen LogP contribution in [0.4, 0.5) is 39.5 Å². The van der Waals surface area contributed by atoms with Crippen LogP contribution >= 0.6 is 0 Å². The third kappa shape index (κ3) is 3.48. The molecule has 11 heteroatoms. The molecule has 0 aromatic rings. The van der Waals surface area contributed by atoms with Gasteiger partial charge in [0.05, 0.1) is 0 Å². The van der Waals surface area contributed by atoms with Crippen molar-refractivity contribution in [2.75, 3.05) is 0 Å². The van der Waals surface area contributed by atoms with Gasteiger partial charge in [-0.2, -0.15) is 39.5 Å². The zero-order chi connectivity index (χ0) is 16.6. The molecule has 0 amide bonds. The van der Waals surface area contributed by atoms with Crippen molar-refractivity contribution < 1.29 is 49.0 Å². The minimum absolute atomic E-state index is 0.782. The summed E-state index contributed by atoms with van der Waals surface area (Å²) in [6, 6.07) is 0. The summed E-state index contributed by atoms with van der Waals surface area (Å²) < 4.78 is 114. The van der Waals surface area contributed by atoms with Crippen molar-refractivity contribution in [3.63, 3.8) is 0 Å². The third-order valence-corrected chi connectivity index (χ3v) is 2.04. The molecule has 0 heterocycles. The van der Waals surface area contributed by atoms with Crippen LogP contribution in [0.1, 0.15) is 20.3 Å². The van der Waals surface area contributed by atoms with Gasteiger partial charge in [0.1, 0.15) is 0 Å². The van der Waals surface area contributed by atoms with Crippen LogP contribution in [0, 0.1) is 5.92 Å². The summed E-state index contributed by atoms with van der Waals surface area (Å²) >= 11 is 0. The van der Waals surface area contributed by atoms with E-state index in [0.717, 1.165) is 0 Å². The first kappa shape index (κ1) is 18.8. The van der Waals surface area contributed by atoms with E-state index in [2.05, 4.69) is 4.74 Å². The van der Waals surface area contributed by atoms with Gasteiger partial charge in [-0.3, -0.25) is 4.79 Å². The van der Waals surface area contributed by atoms with Gasteiger partial charge in [-0.15, -0.1) is 0 Å². The second-order valence-electron chi connectivity index (χ2n) is 4.25. The summed E-state index contributed by atoms with van der Waals surface area (Å²) in [5.74, 6) is -3.03. The molecule has 2 nitrogen and oxygen atoms in total. The standard InChI is InChI=1S/C9H9F9O2/c1-4(2)3-5(19)20-6(7(10,11)12,8(13,14)15)9(16,17)18/h4H,3H2,1-2H3. The number of hydrogen-bond donors (Lipinski definition) is 0. The SMILES string of the molecule is CC(C)CC(=O)OC(C(F)(F)F)(C(F)(F)F)C(F)(F)F. The lowest BCUT2D eigenvalue weighted by molar-refractivity contribution is -0.446. The van der Waals surface area contributed by atoms with E-state index >= 15 is 0 Å². The van der Waals surface area contributed by atoms with Gasteiger partial charge in [-0.25, -0.2) is 0 Å². The Kier molecular flexibility index (Phi) is 5.01. The highest BCUT2D eigenvalue weighted by Gasteiger charge is 2.87. The Morgan fingerprint density at radius 1 is 0.850 bits per heavy atom. The minimum Gasteiger partial charge on any atom is -0.432 e. The molecule has 120 valence electrons. The zero-order valence-electron chi connectivity index (χ0n) is 10.0. The number of ether oxygens (including phenoxy) is 1. The van der Waals surface area contributed by atoms with Gasteiger partial charge < -0.3 is 4.74 Å². The van der Waals surface area contributed by atoms with Crippen LogP contribution in [0.5, 0.6) is 0 Å². The maximum atomic E-state index is 12.3. The number of halogens is 9. The van der Waals surface area contributed by atoms with E-state index in [1.165, 1.54) is 13.8 Å². The normalized spacial score (nSPS) is 14.6. The van der Waals surface area contributed by atoms with Crippen molar-refractivity contribution in [2.24, 2.45) is 5.92 Å². The molecule has 0 atom stereocenters. The lowest BCUT2D eigenvalue weighted by Gasteiger charge is -2.37. The van der Waals surface area contributed by atoms with Crippen molar-refractivity contribution in [1.29, 1.82) is 0 Å². The molecule has 0 saturated heterocycles. The van der Waals surface area contributed by atoms with Gasteiger partial charge >= 0.3 is 30.1 Å². The first-order valence-electron chi connectivity index (χ1n) is 4.98. The van der Waals surface area contributed by atoms with Gasteiger partial charge in [0.2, 0.25) is 0 Å². The summed E-state index contributed by atoms with van der Waals surface area (Å²) in [7, 11) is 0. The van der Waals surface area contributed by atoms with Crippen LogP contribution in [0.2, 0.25) is 0 Å². The second kappa shape index (κ2) is 5.32. The van der Waals surface area contributed by atoms with Crippen LogP contribution in [0.25, 0.3) is 0 Å². The van der Waals surface area contributed by atoms with E-state index in [0.29, 0.717) is 0 Å². The molecule has 0 aromatic heterocycles. The Bertz CT molecular complexity index is 314. The Morgan fingerprint density at radius 3 is 1.35 bits per heavy atom. The maximum Gasteiger partial charge on any atom is 0.447 e. The fourth-order valence-electron chi connectivity index (χ4n) is 1.20. The molecule has 0 aliphatic heterocycles. The molecule has 0 aliphatic carbocycles. The fraction of sp³-hybridized carbons (Fsp3) is 0.889. The number of carbonyl (C=O) groups excluding carboxylic acids is 1. The van der Waals surface area contributed by atoms with Crippen LogP contribution in [-0.4, -0.2) is 30.1 Å². The largest absolute Gasteiger partial charge is 0.447 e. The van der Waals surface area contributed by atoms with Gasteiger partial charge in [-0.05, 0) is 5.92 Å². The highest BCUT2D eigenvalue weighted by Crippen LogP contribution is 2.55. The van der Waals surface area contributed by atoms with Crippen LogP contribution < -0.4 is 0 Å². The van der Waals surface area contributed by atoms with E-state index in [1.54, 1.807) is 0 Å². The average Bonchev–Trinajstić information content (AvgIpc) is 2.06. The average molecular weight is 320 g/mol. The predicted molar refractivity (Wildman–Crippen MR) is 46.4 cm³/mol. The molecule has 0 bridgehead atoms. The summed E-state index contributed by atoms with van der Waals surface area (Å²) in [6.45, 7) is 2.41. The molecule has 0 N–H and O–H groups in total. The van der Waals surface area contributed by atoms with E-state index in [-0.39, 0.29) is 0 Å². The molecule has 0 saturated carbocycles. The molecule has 0 fully saturated rings. The highest BCUT2D eigenvalue weighted by molar-refractivity contribution is 5.70. The number of carbonyl (C=O) groups is 1. The Balaban J connectivity index is 5.87. The molecule has 0 spiro atoms. The molecule has 20 heavy (non-hydrogen) atoms. The maximum absolute atomic E-state index is 12.3. The van der Waals surface area contributed by atoms with Gasteiger partial charge in [0.15, 0.2) is 0 Å². The summed E-state index contributed by atoms with van der Waals surface area (Å²) in [5.41, 5.74) is -6.53. The second-order valence-corrected chi connectivity index (χ2v) is 4.25. The summed E-state index contributed by atoms with van der Waals surface area (Å²) in [6.07, 6.45) is -21.7. The first-order chi connectivity index (χ1) is 8.56. The zero-order valence-corrected chi connectivity index (χ0v) is 10.0. The molecule has 0 radical (unpaired) electrons. The quantitative estimate of drug-likeness (QED) is 0.580. The first-order valence-corrected chi connectivity index (χ1v) is 4.98. The lowest BCUT2D eigenvalue weighted by atomic mass is 10.0. The lowest BCUT2D eigenvalue weighted by Crippen LogP contribution is -2.68. The summed E-state index contributed by atoms with van der Waals surface area (Å²) in [5, 5.41) is 0. The topological polar surface area (TPSA) is 26.3 Å². The van der Waals surface area contributed by atoms with E-state index in [4.69, 9.17) is 0 Å². The molecule has 0 aliphatic rings. The fourth-order valence-corrected chi connectivity index (χ4v) is 1.20. The van der Waals surface area contributed by atoms with Gasteiger partial charge in [0, 0.05) is 6.42 Å². The molecule has 0 unspecified atom stereocenters. The van der Waals surface area contributed by atoms with E-state index in [9.17, 15) is 44.3 Å². The Hall–Kier alpha value is -1.16. The van der Waals surface area contributed by atoms with Crippen molar-refractivity contribution >= 4 is 5.97 Å². The minimum atomic E-state index is -6.89. The van der Waals surface area contributed by atoms with Crippen molar-refractivity contribution in [1.82, 2.24) is 0 Å². The van der Waals surface area contributed by atoms with Gasteiger partial charge in [-0.1, -0.05) is 13.8 Å².